The van der Waals surface area contributed by atoms with Crippen molar-refractivity contribution in [3.63, 3.8) is 0 Å². The topological polar surface area (TPSA) is 84.5 Å². The average Bonchev–Trinajstić information content (AvgIpc) is 2.88. The summed E-state index contributed by atoms with van der Waals surface area (Å²) in [4.78, 5) is 34.2. The Balaban J connectivity index is 2.15. The summed E-state index contributed by atoms with van der Waals surface area (Å²) in [7, 11) is 1.33. The van der Waals surface area contributed by atoms with E-state index < -0.39 is 6.03 Å². The van der Waals surface area contributed by atoms with Crippen molar-refractivity contribution in [1.82, 2.24) is 10.6 Å². The summed E-state index contributed by atoms with van der Waals surface area (Å²) in [5, 5.41) is 5.07. The van der Waals surface area contributed by atoms with Crippen molar-refractivity contribution in [3.05, 3.63) is 0 Å². The zero-order valence-corrected chi connectivity index (χ0v) is 12.8. The normalized spacial score (nSPS) is 16.5. The van der Waals surface area contributed by atoms with Crippen molar-refractivity contribution < 1.29 is 19.1 Å². The molecule has 6 nitrogen and oxygen atoms in total. The van der Waals surface area contributed by atoms with Crippen molar-refractivity contribution in [2.24, 2.45) is 0 Å². The number of amides is 3. The van der Waals surface area contributed by atoms with Gasteiger partial charge >= 0.3 is 12.0 Å². The zero-order chi connectivity index (χ0) is 15.0. The average molecular weight is 302 g/mol. The Bertz CT molecular complexity index is 356. The number of hydrogen-bond acceptors (Lipinski definition) is 5. The Labute approximate surface area is 123 Å². The van der Waals surface area contributed by atoms with Crippen LogP contribution in [0.1, 0.15) is 39.0 Å². The lowest BCUT2D eigenvalue weighted by Gasteiger charge is -2.13. The second kappa shape index (κ2) is 8.84. The molecular weight excluding hydrogens is 280 g/mol. The van der Waals surface area contributed by atoms with Gasteiger partial charge in [0.2, 0.25) is 5.91 Å². The van der Waals surface area contributed by atoms with Crippen LogP contribution in [0.4, 0.5) is 4.79 Å². The summed E-state index contributed by atoms with van der Waals surface area (Å²) < 4.78 is 4.55. The van der Waals surface area contributed by atoms with E-state index in [1.807, 2.05) is 6.92 Å². The number of ether oxygens (including phenoxy) is 1. The third-order valence-corrected chi connectivity index (χ3v) is 4.29. The molecule has 3 amide bonds. The summed E-state index contributed by atoms with van der Waals surface area (Å²) in [6, 6.07) is -0.239. The number of urea groups is 1. The fourth-order valence-electron chi connectivity index (χ4n) is 2.05. The van der Waals surface area contributed by atoms with Crippen LogP contribution in [0.25, 0.3) is 0 Å². The predicted molar refractivity (Wildman–Crippen MR) is 77.5 cm³/mol. The van der Waals surface area contributed by atoms with Crippen LogP contribution in [0.5, 0.6) is 0 Å². The molecule has 0 saturated heterocycles. The molecule has 0 radical (unpaired) electrons. The third-order valence-electron chi connectivity index (χ3n) is 3.12. The number of methoxy groups -OCH3 is 1. The van der Waals surface area contributed by atoms with Gasteiger partial charge in [-0.2, -0.15) is 0 Å². The smallest absolute Gasteiger partial charge is 0.321 e. The first-order chi connectivity index (χ1) is 9.51. The van der Waals surface area contributed by atoms with Gasteiger partial charge in [-0.1, -0.05) is 19.8 Å². The van der Waals surface area contributed by atoms with E-state index >= 15 is 0 Å². The van der Waals surface area contributed by atoms with Gasteiger partial charge in [0.25, 0.3) is 0 Å². The fourth-order valence-corrected chi connectivity index (χ4v) is 2.81. The van der Waals surface area contributed by atoms with Crippen LogP contribution in [-0.4, -0.2) is 42.1 Å². The maximum atomic E-state index is 11.6. The van der Waals surface area contributed by atoms with Crippen molar-refractivity contribution in [2.45, 2.75) is 50.3 Å². The Morgan fingerprint density at radius 1 is 1.30 bits per heavy atom. The standard InChI is InChI=1S/C13H22N2O4S/c1-9(7-12(17)19-2)20-8-11(16)15-13(18)14-10-5-3-4-6-10/h9-10H,3-8H2,1-2H3,(H2,14,15,16,18). The zero-order valence-electron chi connectivity index (χ0n) is 11.9. The largest absolute Gasteiger partial charge is 0.469 e. The van der Waals surface area contributed by atoms with E-state index in [4.69, 9.17) is 0 Å². The number of thioether (sulfide) groups is 1. The maximum absolute atomic E-state index is 11.6. The molecule has 1 unspecified atom stereocenters. The number of carbonyl (C=O) groups is 3. The van der Waals surface area contributed by atoms with Crippen molar-refractivity contribution in [2.75, 3.05) is 12.9 Å². The van der Waals surface area contributed by atoms with Crippen molar-refractivity contribution >= 4 is 29.7 Å². The minimum atomic E-state index is -0.428. The van der Waals surface area contributed by atoms with Crippen molar-refractivity contribution in [3.8, 4) is 0 Å². The van der Waals surface area contributed by atoms with Gasteiger partial charge in [-0.25, -0.2) is 4.79 Å². The van der Waals surface area contributed by atoms with E-state index in [1.165, 1.54) is 18.9 Å². The second-order valence-corrected chi connectivity index (χ2v) is 6.33. The van der Waals surface area contributed by atoms with Gasteiger partial charge in [0.1, 0.15) is 0 Å². The Morgan fingerprint density at radius 2 is 1.95 bits per heavy atom. The van der Waals surface area contributed by atoms with Gasteiger partial charge < -0.3 is 10.1 Å². The molecule has 0 aromatic carbocycles. The Morgan fingerprint density at radius 3 is 2.55 bits per heavy atom. The SMILES string of the molecule is COC(=O)CC(C)SCC(=O)NC(=O)NC1CCCC1. The highest BCUT2D eigenvalue weighted by molar-refractivity contribution is 8.00. The van der Waals surface area contributed by atoms with Gasteiger partial charge in [0, 0.05) is 11.3 Å². The maximum Gasteiger partial charge on any atom is 0.321 e. The molecule has 0 heterocycles. The summed E-state index contributed by atoms with van der Waals surface area (Å²) in [6.45, 7) is 1.84. The first-order valence-corrected chi connectivity index (χ1v) is 7.85. The van der Waals surface area contributed by atoms with Crippen LogP contribution >= 0.6 is 11.8 Å². The molecule has 1 saturated carbocycles. The molecule has 7 heteroatoms. The number of carbonyl (C=O) groups excluding carboxylic acids is 3. The highest BCUT2D eigenvalue weighted by atomic mass is 32.2. The van der Waals surface area contributed by atoms with Crippen LogP contribution in [0, 0.1) is 0 Å². The first-order valence-electron chi connectivity index (χ1n) is 6.80. The summed E-state index contributed by atoms with van der Waals surface area (Å²) in [6.07, 6.45) is 4.46. The van der Waals surface area contributed by atoms with Gasteiger partial charge in [-0.15, -0.1) is 11.8 Å². The first kappa shape index (κ1) is 16.8. The summed E-state index contributed by atoms with van der Waals surface area (Å²) >= 11 is 1.32. The van der Waals surface area contributed by atoms with E-state index in [0.717, 1.165) is 25.7 Å². The molecule has 0 aromatic rings. The lowest BCUT2D eigenvalue weighted by Crippen LogP contribution is -2.44. The Kier molecular flexibility index (Phi) is 7.43. The molecule has 1 fully saturated rings. The number of esters is 1. The monoisotopic (exact) mass is 302 g/mol. The van der Waals surface area contributed by atoms with Crippen LogP contribution < -0.4 is 10.6 Å². The van der Waals surface area contributed by atoms with Crippen LogP contribution in [0.2, 0.25) is 0 Å². The van der Waals surface area contributed by atoms with Gasteiger partial charge in [-0.3, -0.25) is 14.9 Å². The lowest BCUT2D eigenvalue weighted by atomic mass is 10.2. The Hall–Kier alpha value is -1.24. The molecule has 2 N–H and O–H groups in total. The molecule has 0 spiro atoms. The number of imide groups is 1. The molecule has 1 atom stereocenters. The number of hydrogen-bond donors (Lipinski definition) is 2. The highest BCUT2D eigenvalue weighted by Gasteiger charge is 2.18. The summed E-state index contributed by atoms with van der Waals surface area (Å²) in [5.41, 5.74) is 0. The quantitative estimate of drug-likeness (QED) is 0.725. The molecule has 0 bridgehead atoms. The lowest BCUT2D eigenvalue weighted by molar-refractivity contribution is -0.140. The summed E-state index contributed by atoms with van der Waals surface area (Å²) in [5.74, 6) is -0.498. The van der Waals surface area contributed by atoms with E-state index in [0.29, 0.717) is 0 Å². The minimum absolute atomic E-state index is 0.0221. The molecule has 20 heavy (non-hydrogen) atoms. The molecule has 1 aliphatic carbocycles. The third kappa shape index (κ3) is 6.79. The van der Waals surface area contributed by atoms with E-state index in [1.54, 1.807) is 0 Å². The molecule has 0 aliphatic heterocycles. The molecule has 1 rings (SSSR count). The molecule has 0 aromatic heterocycles. The van der Waals surface area contributed by atoms with Crippen LogP contribution in [-0.2, 0) is 14.3 Å². The van der Waals surface area contributed by atoms with E-state index in [9.17, 15) is 14.4 Å². The molecule has 1 aliphatic rings. The van der Waals surface area contributed by atoms with Gasteiger partial charge in [-0.05, 0) is 12.8 Å². The minimum Gasteiger partial charge on any atom is -0.469 e. The van der Waals surface area contributed by atoms with E-state index in [2.05, 4.69) is 15.4 Å². The molecule has 114 valence electrons. The highest BCUT2D eigenvalue weighted by Crippen LogP contribution is 2.17. The predicted octanol–water partition coefficient (Wildman–Crippen LogP) is 1.44. The van der Waals surface area contributed by atoms with Crippen LogP contribution in [0.15, 0.2) is 0 Å². The molecular formula is C13H22N2O4S. The second-order valence-electron chi connectivity index (χ2n) is 4.90. The van der Waals surface area contributed by atoms with E-state index in [-0.39, 0.29) is 35.3 Å². The van der Waals surface area contributed by atoms with Gasteiger partial charge in [0.15, 0.2) is 0 Å². The fraction of sp³-hybridized carbons (Fsp3) is 0.769. The van der Waals surface area contributed by atoms with Crippen molar-refractivity contribution in [1.29, 1.82) is 0 Å². The van der Waals surface area contributed by atoms with Gasteiger partial charge in [0.05, 0.1) is 19.3 Å². The number of nitrogens with one attached hydrogen (secondary N) is 2. The number of rotatable bonds is 6. The van der Waals surface area contributed by atoms with Crippen LogP contribution in [0.3, 0.4) is 0 Å².